The van der Waals surface area contributed by atoms with Crippen molar-refractivity contribution in [2.24, 2.45) is 0 Å². The molecule has 5 heteroatoms. The van der Waals surface area contributed by atoms with Crippen molar-refractivity contribution in [3.63, 3.8) is 0 Å². The Morgan fingerprint density at radius 3 is 2.80 bits per heavy atom. The van der Waals surface area contributed by atoms with Crippen LogP contribution in [0.3, 0.4) is 0 Å². The third-order valence-electron chi connectivity index (χ3n) is 2.90. The zero-order valence-corrected chi connectivity index (χ0v) is 9.23. The zero-order chi connectivity index (χ0) is 10.8. The van der Waals surface area contributed by atoms with Crippen LogP contribution in [0.2, 0.25) is 0 Å². The Labute approximate surface area is 89.7 Å². The molecule has 0 bridgehead atoms. The standard InChI is InChI=1S/C10H18N2O3/c1-7-10(13)12(8(2)11-7)5-9-6-14-3-4-15-9/h7-9,11H,3-6H2,1-2H3. The van der Waals surface area contributed by atoms with Gasteiger partial charge in [0.2, 0.25) is 5.91 Å². The van der Waals surface area contributed by atoms with Crippen LogP contribution in [-0.2, 0) is 14.3 Å². The Morgan fingerprint density at radius 1 is 1.47 bits per heavy atom. The summed E-state index contributed by atoms with van der Waals surface area (Å²) < 4.78 is 10.8. The Morgan fingerprint density at radius 2 is 2.27 bits per heavy atom. The van der Waals surface area contributed by atoms with Crippen molar-refractivity contribution < 1.29 is 14.3 Å². The highest BCUT2D eigenvalue weighted by atomic mass is 16.6. The highest BCUT2D eigenvalue weighted by Gasteiger charge is 2.35. The first-order valence-electron chi connectivity index (χ1n) is 5.44. The lowest BCUT2D eigenvalue weighted by Gasteiger charge is -2.29. The van der Waals surface area contributed by atoms with Crippen LogP contribution < -0.4 is 5.32 Å². The molecule has 15 heavy (non-hydrogen) atoms. The summed E-state index contributed by atoms with van der Waals surface area (Å²) in [4.78, 5) is 13.6. The van der Waals surface area contributed by atoms with Gasteiger partial charge in [-0.1, -0.05) is 0 Å². The summed E-state index contributed by atoms with van der Waals surface area (Å²) in [6, 6.07) is -0.0792. The van der Waals surface area contributed by atoms with Crippen LogP contribution in [0.4, 0.5) is 0 Å². The Kier molecular flexibility index (Phi) is 3.23. The molecule has 0 radical (unpaired) electrons. The summed E-state index contributed by atoms with van der Waals surface area (Å²) in [5.74, 6) is 0.150. The van der Waals surface area contributed by atoms with Gasteiger partial charge in [0.25, 0.3) is 0 Å². The van der Waals surface area contributed by atoms with Gasteiger partial charge in [-0.25, -0.2) is 0 Å². The molecule has 3 atom stereocenters. The molecule has 5 nitrogen and oxygen atoms in total. The van der Waals surface area contributed by atoms with Gasteiger partial charge in [0.15, 0.2) is 0 Å². The molecule has 0 aliphatic carbocycles. The second-order valence-corrected chi connectivity index (χ2v) is 4.12. The van der Waals surface area contributed by atoms with Crippen LogP contribution in [-0.4, -0.2) is 55.5 Å². The summed E-state index contributed by atoms with van der Waals surface area (Å²) in [6.45, 7) is 6.38. The third kappa shape index (κ3) is 2.30. The number of carbonyl (C=O) groups is 1. The maximum Gasteiger partial charge on any atom is 0.240 e. The zero-order valence-electron chi connectivity index (χ0n) is 9.23. The smallest absolute Gasteiger partial charge is 0.240 e. The number of hydrogen-bond acceptors (Lipinski definition) is 4. The van der Waals surface area contributed by atoms with Crippen LogP contribution in [0.5, 0.6) is 0 Å². The molecule has 0 aromatic heterocycles. The van der Waals surface area contributed by atoms with E-state index in [-0.39, 0.29) is 24.2 Å². The van der Waals surface area contributed by atoms with Gasteiger partial charge in [0.05, 0.1) is 44.7 Å². The van der Waals surface area contributed by atoms with Crippen LogP contribution in [0, 0.1) is 0 Å². The predicted molar refractivity (Wildman–Crippen MR) is 54.3 cm³/mol. The van der Waals surface area contributed by atoms with E-state index in [1.807, 2.05) is 18.7 Å². The Balaban J connectivity index is 1.90. The van der Waals surface area contributed by atoms with Crippen LogP contribution in [0.1, 0.15) is 13.8 Å². The highest BCUT2D eigenvalue weighted by molar-refractivity contribution is 5.83. The van der Waals surface area contributed by atoms with Gasteiger partial charge in [0.1, 0.15) is 0 Å². The third-order valence-corrected chi connectivity index (χ3v) is 2.90. The first-order chi connectivity index (χ1) is 7.18. The van der Waals surface area contributed by atoms with E-state index in [1.165, 1.54) is 0 Å². The van der Waals surface area contributed by atoms with Gasteiger partial charge in [-0.15, -0.1) is 0 Å². The van der Waals surface area contributed by atoms with E-state index >= 15 is 0 Å². The second kappa shape index (κ2) is 4.47. The van der Waals surface area contributed by atoms with Gasteiger partial charge < -0.3 is 14.4 Å². The van der Waals surface area contributed by atoms with E-state index in [1.54, 1.807) is 0 Å². The molecule has 2 fully saturated rings. The van der Waals surface area contributed by atoms with E-state index in [9.17, 15) is 4.79 Å². The molecule has 1 N–H and O–H groups in total. The fourth-order valence-corrected chi connectivity index (χ4v) is 2.07. The number of amides is 1. The summed E-state index contributed by atoms with van der Waals surface area (Å²) in [7, 11) is 0. The molecule has 2 rings (SSSR count). The molecular formula is C10H18N2O3. The summed E-state index contributed by atoms with van der Waals surface area (Å²) >= 11 is 0. The molecule has 2 heterocycles. The van der Waals surface area contributed by atoms with Gasteiger partial charge >= 0.3 is 0 Å². The first-order valence-corrected chi connectivity index (χ1v) is 5.44. The molecular weight excluding hydrogens is 196 g/mol. The SMILES string of the molecule is CC1NC(C)N(CC2COCCO2)C1=O. The lowest BCUT2D eigenvalue weighted by Crippen LogP contribution is -2.44. The van der Waals surface area contributed by atoms with Crippen molar-refractivity contribution >= 4 is 5.91 Å². The molecule has 86 valence electrons. The average Bonchev–Trinajstić information content (AvgIpc) is 2.47. The van der Waals surface area contributed by atoms with Crippen molar-refractivity contribution in [3.05, 3.63) is 0 Å². The summed E-state index contributed by atoms with van der Waals surface area (Å²) in [5, 5.41) is 3.19. The van der Waals surface area contributed by atoms with Gasteiger partial charge in [-0.05, 0) is 13.8 Å². The summed E-state index contributed by atoms with van der Waals surface area (Å²) in [5.41, 5.74) is 0. The van der Waals surface area contributed by atoms with Crippen molar-refractivity contribution in [3.8, 4) is 0 Å². The fraction of sp³-hybridized carbons (Fsp3) is 0.900. The minimum atomic E-state index is -0.0792. The normalized spacial score (nSPS) is 37.3. The van der Waals surface area contributed by atoms with Gasteiger partial charge in [-0.2, -0.15) is 0 Å². The molecule has 2 aliphatic heterocycles. The largest absolute Gasteiger partial charge is 0.376 e. The lowest BCUT2D eigenvalue weighted by molar-refractivity contribution is -0.136. The Bertz CT molecular complexity index is 241. The van der Waals surface area contributed by atoms with E-state index in [2.05, 4.69) is 5.32 Å². The number of carbonyl (C=O) groups excluding carboxylic acids is 1. The second-order valence-electron chi connectivity index (χ2n) is 4.12. The van der Waals surface area contributed by atoms with E-state index < -0.39 is 0 Å². The molecule has 0 aromatic rings. The number of nitrogens with zero attached hydrogens (tertiary/aromatic N) is 1. The van der Waals surface area contributed by atoms with Gasteiger partial charge in [0, 0.05) is 0 Å². The molecule has 0 aromatic carbocycles. The van der Waals surface area contributed by atoms with Crippen LogP contribution >= 0.6 is 0 Å². The maximum atomic E-state index is 11.8. The molecule has 0 saturated carbocycles. The average molecular weight is 214 g/mol. The van der Waals surface area contributed by atoms with Crippen molar-refractivity contribution in [1.29, 1.82) is 0 Å². The molecule has 3 unspecified atom stereocenters. The lowest BCUT2D eigenvalue weighted by atomic mass is 10.3. The molecule has 1 amide bonds. The number of hydrogen-bond donors (Lipinski definition) is 1. The number of ether oxygens (including phenoxy) is 2. The predicted octanol–water partition coefficient (Wildman–Crippen LogP) is -0.432. The minimum absolute atomic E-state index is 0.0252. The van der Waals surface area contributed by atoms with E-state index in [4.69, 9.17) is 9.47 Å². The van der Waals surface area contributed by atoms with Gasteiger partial charge in [-0.3, -0.25) is 10.1 Å². The van der Waals surface area contributed by atoms with Crippen molar-refractivity contribution in [2.45, 2.75) is 32.2 Å². The summed E-state index contributed by atoms with van der Waals surface area (Å²) in [6.07, 6.45) is 0.121. The molecule has 2 aliphatic rings. The first kappa shape index (κ1) is 10.9. The molecule has 2 saturated heterocycles. The fourth-order valence-electron chi connectivity index (χ4n) is 2.07. The number of rotatable bonds is 2. The van der Waals surface area contributed by atoms with Crippen LogP contribution in [0.25, 0.3) is 0 Å². The van der Waals surface area contributed by atoms with Crippen molar-refractivity contribution in [1.82, 2.24) is 10.2 Å². The quantitative estimate of drug-likeness (QED) is 0.677. The van der Waals surface area contributed by atoms with Crippen molar-refractivity contribution in [2.75, 3.05) is 26.4 Å². The minimum Gasteiger partial charge on any atom is -0.376 e. The van der Waals surface area contributed by atoms with Crippen LogP contribution in [0.15, 0.2) is 0 Å². The number of nitrogens with one attached hydrogen (secondary N) is 1. The maximum absolute atomic E-state index is 11.8. The van der Waals surface area contributed by atoms with E-state index in [0.29, 0.717) is 26.4 Å². The highest BCUT2D eigenvalue weighted by Crippen LogP contribution is 2.13. The van der Waals surface area contributed by atoms with E-state index in [0.717, 1.165) is 0 Å². The topological polar surface area (TPSA) is 50.8 Å². The monoisotopic (exact) mass is 214 g/mol. The molecule has 0 spiro atoms. The Hall–Kier alpha value is -0.650.